The molecule has 0 bridgehead atoms. The Balaban J connectivity index is 1.79. The number of benzene rings is 1. The molecule has 0 unspecified atom stereocenters. The Kier molecular flexibility index (Phi) is 4.40. The van der Waals surface area contributed by atoms with Crippen molar-refractivity contribution in [2.75, 3.05) is 0 Å². The van der Waals surface area contributed by atoms with E-state index in [0.29, 0.717) is 16.9 Å². The van der Waals surface area contributed by atoms with Gasteiger partial charge in [-0.2, -0.15) is 8.78 Å². The molecule has 0 saturated carbocycles. The average molecular weight is 390 g/mol. The van der Waals surface area contributed by atoms with Crippen LogP contribution in [0.25, 0.3) is 21.3 Å². The van der Waals surface area contributed by atoms with E-state index in [1.807, 2.05) is 13.8 Å². The number of aromatic nitrogens is 4. The Hall–Kier alpha value is -2.06. The number of aryl methyl sites for hydroxylation is 2. The van der Waals surface area contributed by atoms with Crippen molar-refractivity contribution in [1.82, 2.24) is 19.5 Å². The van der Waals surface area contributed by atoms with Crippen LogP contribution in [-0.4, -0.2) is 19.5 Å². The Bertz CT molecular complexity index is 1100. The van der Waals surface area contributed by atoms with E-state index in [-0.39, 0.29) is 5.25 Å². The zero-order valence-electron chi connectivity index (χ0n) is 14.4. The van der Waals surface area contributed by atoms with Gasteiger partial charge in [-0.15, -0.1) is 11.3 Å². The lowest BCUT2D eigenvalue weighted by atomic mass is 10.2. The monoisotopic (exact) mass is 390 g/mol. The number of imidazole rings is 1. The van der Waals surface area contributed by atoms with Crippen LogP contribution in [0.5, 0.6) is 0 Å². The molecule has 0 radical (unpaired) electrons. The molecule has 134 valence electrons. The number of hydrogen-bond donors (Lipinski definition) is 0. The van der Waals surface area contributed by atoms with Gasteiger partial charge < -0.3 is 0 Å². The van der Waals surface area contributed by atoms with Crippen LogP contribution in [0.3, 0.4) is 0 Å². The number of thiophene rings is 1. The highest BCUT2D eigenvalue weighted by Crippen LogP contribution is 2.41. The largest absolute Gasteiger partial charge is 0.320 e. The van der Waals surface area contributed by atoms with E-state index in [4.69, 9.17) is 0 Å². The number of para-hydroxylation sites is 2. The summed E-state index contributed by atoms with van der Waals surface area (Å²) in [5, 5.41) is 1.53. The molecule has 3 aromatic heterocycles. The Morgan fingerprint density at radius 2 is 1.92 bits per heavy atom. The van der Waals surface area contributed by atoms with Crippen LogP contribution in [-0.2, 0) is 0 Å². The summed E-state index contributed by atoms with van der Waals surface area (Å²) in [7, 11) is 0. The molecule has 0 aliphatic heterocycles. The molecule has 8 heteroatoms. The third-order valence-electron chi connectivity index (χ3n) is 4.40. The maximum atomic E-state index is 13.7. The van der Waals surface area contributed by atoms with Gasteiger partial charge in [0.1, 0.15) is 22.0 Å². The summed E-state index contributed by atoms with van der Waals surface area (Å²) in [4.78, 5) is 15.3. The molecule has 0 N–H and O–H groups in total. The molecule has 0 aliphatic rings. The molecule has 1 aromatic carbocycles. The van der Waals surface area contributed by atoms with Gasteiger partial charge in [-0.1, -0.05) is 23.9 Å². The smallest absolute Gasteiger partial charge is 0.269 e. The quantitative estimate of drug-likeness (QED) is 0.321. The minimum atomic E-state index is -2.64. The van der Waals surface area contributed by atoms with Gasteiger partial charge in [-0.05, 0) is 38.5 Å². The second-order valence-corrected chi connectivity index (χ2v) is 8.54. The minimum Gasteiger partial charge on any atom is -0.269 e. The molecule has 4 rings (SSSR count). The molecule has 3 heterocycles. The van der Waals surface area contributed by atoms with Gasteiger partial charge in [-0.3, -0.25) is 4.57 Å². The average Bonchev–Trinajstić information content (AvgIpc) is 3.14. The molecule has 4 aromatic rings. The summed E-state index contributed by atoms with van der Waals surface area (Å²) in [5.74, 6) is 0.350. The fraction of sp³-hybridized carbons (Fsp3) is 0.278. The van der Waals surface area contributed by atoms with Gasteiger partial charge in [0, 0.05) is 10.3 Å². The molecule has 1 atom stereocenters. The van der Waals surface area contributed by atoms with Gasteiger partial charge >= 0.3 is 6.55 Å². The first-order chi connectivity index (χ1) is 12.5. The van der Waals surface area contributed by atoms with Gasteiger partial charge in [0.25, 0.3) is 0 Å². The predicted molar refractivity (Wildman–Crippen MR) is 102 cm³/mol. The summed E-state index contributed by atoms with van der Waals surface area (Å²) < 4.78 is 28.4. The van der Waals surface area contributed by atoms with E-state index in [2.05, 4.69) is 21.9 Å². The first-order valence-electron chi connectivity index (χ1n) is 8.09. The molecular weight excluding hydrogens is 374 g/mol. The van der Waals surface area contributed by atoms with E-state index >= 15 is 0 Å². The van der Waals surface area contributed by atoms with Crippen LogP contribution in [0.4, 0.5) is 8.78 Å². The number of thioether (sulfide) groups is 1. The Labute approximate surface area is 157 Å². The van der Waals surface area contributed by atoms with Crippen molar-refractivity contribution in [3.05, 3.63) is 46.9 Å². The van der Waals surface area contributed by atoms with Crippen LogP contribution in [0, 0.1) is 13.8 Å². The fourth-order valence-corrected chi connectivity index (χ4v) is 5.16. The Morgan fingerprint density at radius 3 is 2.69 bits per heavy atom. The Morgan fingerprint density at radius 1 is 1.15 bits per heavy atom. The maximum Gasteiger partial charge on any atom is 0.320 e. The van der Waals surface area contributed by atoms with Crippen LogP contribution in [0.2, 0.25) is 0 Å². The predicted octanol–water partition coefficient (Wildman–Crippen LogP) is 5.91. The van der Waals surface area contributed by atoms with Crippen LogP contribution < -0.4 is 0 Å². The van der Waals surface area contributed by atoms with Crippen molar-refractivity contribution in [3.63, 3.8) is 0 Å². The molecule has 26 heavy (non-hydrogen) atoms. The van der Waals surface area contributed by atoms with Crippen LogP contribution in [0.1, 0.15) is 35.0 Å². The number of rotatable bonds is 4. The van der Waals surface area contributed by atoms with Crippen molar-refractivity contribution in [1.29, 1.82) is 0 Å². The summed E-state index contributed by atoms with van der Waals surface area (Å²) in [6.07, 6.45) is 1.53. The van der Waals surface area contributed by atoms with Crippen molar-refractivity contribution >= 4 is 44.3 Å². The lowest BCUT2D eigenvalue weighted by Crippen LogP contribution is -2.06. The standard InChI is InChI=1S/C18H16F2N4S2/c1-9-10(2)25-16-14(9)17(22-8-21-16)26-11(3)15-23-12-6-4-5-7-13(12)24(15)18(19)20/h4-8,11,18H,1-3H3/t11-/m0/s1. The molecule has 0 fully saturated rings. The topological polar surface area (TPSA) is 43.6 Å². The molecule has 0 saturated heterocycles. The number of hydrogen-bond acceptors (Lipinski definition) is 5. The number of fused-ring (bicyclic) bond motifs is 2. The van der Waals surface area contributed by atoms with E-state index in [0.717, 1.165) is 25.4 Å². The first kappa shape index (κ1) is 17.4. The van der Waals surface area contributed by atoms with E-state index in [1.165, 1.54) is 23.0 Å². The number of alkyl halides is 2. The zero-order valence-corrected chi connectivity index (χ0v) is 16.0. The molecular formula is C18H16F2N4S2. The third kappa shape index (κ3) is 2.77. The second kappa shape index (κ2) is 6.59. The van der Waals surface area contributed by atoms with E-state index in [1.54, 1.807) is 35.6 Å². The van der Waals surface area contributed by atoms with Gasteiger partial charge in [0.05, 0.1) is 16.3 Å². The minimum absolute atomic E-state index is 0.283. The number of nitrogens with zero attached hydrogens (tertiary/aromatic N) is 4. The second-order valence-electron chi connectivity index (χ2n) is 6.01. The van der Waals surface area contributed by atoms with Crippen molar-refractivity contribution < 1.29 is 8.78 Å². The summed E-state index contributed by atoms with van der Waals surface area (Å²) in [6.45, 7) is 3.33. The van der Waals surface area contributed by atoms with Gasteiger partial charge in [0.15, 0.2) is 0 Å². The highest BCUT2D eigenvalue weighted by atomic mass is 32.2. The lowest BCUT2D eigenvalue weighted by molar-refractivity contribution is 0.0715. The molecule has 0 aliphatic carbocycles. The van der Waals surface area contributed by atoms with Crippen molar-refractivity contribution in [2.45, 2.75) is 37.6 Å². The van der Waals surface area contributed by atoms with Crippen LogP contribution >= 0.6 is 23.1 Å². The molecule has 0 amide bonds. The lowest BCUT2D eigenvalue weighted by Gasteiger charge is -2.14. The maximum absolute atomic E-state index is 13.7. The van der Waals surface area contributed by atoms with Crippen molar-refractivity contribution in [2.24, 2.45) is 0 Å². The third-order valence-corrected chi connectivity index (χ3v) is 6.61. The SMILES string of the molecule is Cc1sc2ncnc(S[C@@H](C)c3nc4ccccc4n3C(F)F)c2c1C. The first-order valence-corrected chi connectivity index (χ1v) is 9.79. The zero-order chi connectivity index (χ0) is 18.4. The highest BCUT2D eigenvalue weighted by Gasteiger charge is 2.24. The highest BCUT2D eigenvalue weighted by molar-refractivity contribution is 7.99. The van der Waals surface area contributed by atoms with Crippen LogP contribution in [0.15, 0.2) is 35.6 Å². The summed E-state index contributed by atoms with van der Waals surface area (Å²) >= 11 is 3.06. The normalized spacial score (nSPS) is 13.2. The summed E-state index contributed by atoms with van der Waals surface area (Å²) in [6, 6.07) is 6.98. The number of halogens is 2. The fourth-order valence-electron chi connectivity index (χ4n) is 3.01. The van der Waals surface area contributed by atoms with E-state index < -0.39 is 6.55 Å². The van der Waals surface area contributed by atoms with Gasteiger partial charge in [-0.25, -0.2) is 15.0 Å². The van der Waals surface area contributed by atoms with Crippen molar-refractivity contribution in [3.8, 4) is 0 Å². The molecule has 4 nitrogen and oxygen atoms in total. The van der Waals surface area contributed by atoms with Gasteiger partial charge in [0.2, 0.25) is 0 Å². The van der Waals surface area contributed by atoms with E-state index in [9.17, 15) is 8.78 Å². The molecule has 0 spiro atoms. The summed E-state index contributed by atoms with van der Waals surface area (Å²) in [5.41, 5.74) is 2.16.